The molecule has 0 radical (unpaired) electrons. The Balaban J connectivity index is 2.23. The van der Waals surface area contributed by atoms with Gasteiger partial charge in [0.15, 0.2) is 5.78 Å². The van der Waals surface area contributed by atoms with Crippen molar-refractivity contribution >= 4 is 17.8 Å². The van der Waals surface area contributed by atoms with Gasteiger partial charge in [-0.05, 0) is 31.2 Å². The largest absolute Gasteiger partial charge is 0.465 e. The summed E-state index contributed by atoms with van der Waals surface area (Å²) in [5.41, 5.74) is 0.0789. The minimum atomic E-state index is -0.985. The van der Waals surface area contributed by atoms with Crippen LogP contribution in [0.3, 0.4) is 0 Å². The number of benzene rings is 1. The van der Waals surface area contributed by atoms with Crippen LogP contribution < -0.4 is 0 Å². The fourth-order valence-corrected chi connectivity index (χ4v) is 3.02. The fraction of sp³-hybridized carbons (Fsp3) is 0.444. The number of rotatable bonds is 5. The van der Waals surface area contributed by atoms with Crippen molar-refractivity contribution in [3.8, 4) is 0 Å². The number of hydrogen-bond donors (Lipinski definition) is 0. The third-order valence-corrected chi connectivity index (χ3v) is 4.27. The van der Waals surface area contributed by atoms with E-state index in [-0.39, 0.29) is 17.7 Å². The fourth-order valence-electron chi connectivity index (χ4n) is 3.02. The van der Waals surface area contributed by atoms with Crippen LogP contribution in [0.4, 0.5) is 0 Å². The van der Waals surface area contributed by atoms with Crippen molar-refractivity contribution in [2.75, 3.05) is 6.61 Å². The lowest BCUT2D eigenvalue weighted by Gasteiger charge is -2.29. The summed E-state index contributed by atoms with van der Waals surface area (Å²) in [6, 6.07) is 9.88. The van der Waals surface area contributed by atoms with Crippen molar-refractivity contribution in [2.45, 2.75) is 33.1 Å². The summed E-state index contributed by atoms with van der Waals surface area (Å²) in [4.78, 5) is 24.7. The van der Waals surface area contributed by atoms with Gasteiger partial charge in [0.05, 0.1) is 6.61 Å². The van der Waals surface area contributed by atoms with E-state index in [9.17, 15) is 9.59 Å². The first-order valence-corrected chi connectivity index (χ1v) is 7.55. The van der Waals surface area contributed by atoms with Gasteiger partial charge in [0.25, 0.3) is 0 Å². The maximum absolute atomic E-state index is 12.4. The number of ether oxygens (including phenoxy) is 1. The van der Waals surface area contributed by atoms with Crippen molar-refractivity contribution < 1.29 is 14.3 Å². The normalized spacial score (nSPS) is 23.4. The van der Waals surface area contributed by atoms with Crippen LogP contribution in [0.1, 0.15) is 38.7 Å². The molecule has 112 valence electrons. The highest BCUT2D eigenvalue weighted by molar-refractivity contribution is 6.05. The van der Waals surface area contributed by atoms with Gasteiger partial charge >= 0.3 is 5.97 Å². The van der Waals surface area contributed by atoms with Crippen LogP contribution in [0.5, 0.6) is 0 Å². The molecule has 1 saturated carbocycles. The Bertz CT molecular complexity index is 533. The molecule has 2 atom stereocenters. The average Bonchev–Trinajstić information content (AvgIpc) is 2.89. The van der Waals surface area contributed by atoms with Gasteiger partial charge in [-0.2, -0.15) is 0 Å². The first-order valence-electron chi connectivity index (χ1n) is 7.55. The number of carbonyl (C=O) groups excluding carboxylic acids is 2. The highest BCUT2D eigenvalue weighted by atomic mass is 16.5. The Labute approximate surface area is 126 Å². The molecular weight excluding hydrogens is 264 g/mol. The zero-order valence-electron chi connectivity index (χ0n) is 12.7. The Morgan fingerprint density at radius 2 is 2.10 bits per heavy atom. The van der Waals surface area contributed by atoms with E-state index < -0.39 is 5.41 Å². The minimum Gasteiger partial charge on any atom is -0.465 e. The Morgan fingerprint density at radius 3 is 2.67 bits per heavy atom. The van der Waals surface area contributed by atoms with E-state index >= 15 is 0 Å². The molecule has 1 aliphatic rings. The lowest BCUT2D eigenvalue weighted by atomic mass is 9.73. The Morgan fingerprint density at radius 1 is 1.38 bits per heavy atom. The van der Waals surface area contributed by atoms with Gasteiger partial charge in [-0.1, -0.05) is 49.4 Å². The molecule has 0 N–H and O–H groups in total. The van der Waals surface area contributed by atoms with Crippen LogP contribution in [0.25, 0.3) is 6.08 Å². The third kappa shape index (κ3) is 3.07. The quantitative estimate of drug-likeness (QED) is 0.613. The number of carbonyl (C=O) groups is 2. The number of Topliss-reactive ketones (excluding diaryl/α,β-unsaturated/α-hetero) is 1. The molecule has 1 aromatic rings. The summed E-state index contributed by atoms with van der Waals surface area (Å²) >= 11 is 0. The van der Waals surface area contributed by atoms with Crippen molar-refractivity contribution in [1.82, 2.24) is 0 Å². The van der Waals surface area contributed by atoms with Gasteiger partial charge in [-0.15, -0.1) is 0 Å². The smallest absolute Gasteiger partial charge is 0.320 e. The van der Waals surface area contributed by atoms with Crippen molar-refractivity contribution in [3.05, 3.63) is 42.0 Å². The van der Waals surface area contributed by atoms with Crippen molar-refractivity contribution in [3.63, 3.8) is 0 Å². The molecule has 0 unspecified atom stereocenters. The van der Waals surface area contributed by atoms with Crippen LogP contribution in [-0.4, -0.2) is 18.4 Å². The van der Waals surface area contributed by atoms with E-state index in [0.29, 0.717) is 19.4 Å². The van der Waals surface area contributed by atoms with E-state index in [4.69, 9.17) is 4.74 Å². The monoisotopic (exact) mass is 286 g/mol. The topological polar surface area (TPSA) is 43.4 Å². The molecule has 2 rings (SSSR count). The molecule has 1 aliphatic carbocycles. The number of ketones is 1. The highest BCUT2D eigenvalue weighted by Gasteiger charge is 2.52. The second-order valence-corrected chi connectivity index (χ2v) is 5.53. The molecule has 1 aromatic carbocycles. The SMILES string of the molecule is CCOC(=O)[C@]1([C@H](C)/C=C/c2ccccc2)CCCC1=O. The molecule has 3 heteroatoms. The summed E-state index contributed by atoms with van der Waals surface area (Å²) in [7, 11) is 0. The third-order valence-electron chi connectivity index (χ3n) is 4.27. The van der Waals surface area contributed by atoms with Crippen LogP contribution in [0.15, 0.2) is 36.4 Å². The highest BCUT2D eigenvalue weighted by Crippen LogP contribution is 2.43. The van der Waals surface area contributed by atoms with Crippen molar-refractivity contribution in [1.29, 1.82) is 0 Å². The maximum atomic E-state index is 12.4. The van der Waals surface area contributed by atoms with E-state index in [0.717, 1.165) is 12.0 Å². The summed E-state index contributed by atoms with van der Waals surface area (Å²) in [6.07, 6.45) is 5.75. The number of allylic oxidation sites excluding steroid dienone is 1. The summed E-state index contributed by atoms with van der Waals surface area (Å²) in [6.45, 7) is 4.01. The second-order valence-electron chi connectivity index (χ2n) is 5.53. The number of hydrogen-bond acceptors (Lipinski definition) is 3. The summed E-state index contributed by atoms with van der Waals surface area (Å²) < 4.78 is 5.18. The molecule has 0 amide bonds. The predicted molar refractivity (Wildman–Crippen MR) is 82.6 cm³/mol. The van der Waals surface area contributed by atoms with E-state index in [1.165, 1.54) is 0 Å². The van der Waals surface area contributed by atoms with Gasteiger partial charge in [-0.25, -0.2) is 0 Å². The Kier molecular flexibility index (Phi) is 4.94. The first-order chi connectivity index (χ1) is 10.1. The van der Waals surface area contributed by atoms with Crippen LogP contribution in [0.2, 0.25) is 0 Å². The van der Waals surface area contributed by atoms with Gasteiger partial charge in [0.1, 0.15) is 5.41 Å². The molecule has 0 saturated heterocycles. The van der Waals surface area contributed by atoms with Crippen molar-refractivity contribution in [2.24, 2.45) is 11.3 Å². The van der Waals surface area contributed by atoms with Crippen LogP contribution in [0, 0.1) is 11.3 Å². The second kappa shape index (κ2) is 6.70. The number of esters is 1. The van der Waals surface area contributed by atoms with Crippen LogP contribution in [-0.2, 0) is 14.3 Å². The standard InChI is InChI=1S/C18H22O3/c1-3-21-17(20)18(13-7-10-16(18)19)14(2)11-12-15-8-5-4-6-9-15/h4-6,8-9,11-12,14H,3,7,10,13H2,1-2H3/b12-11+/t14-,18+/m1/s1. The molecular formula is C18H22O3. The van der Waals surface area contributed by atoms with Gasteiger partial charge < -0.3 is 4.74 Å². The average molecular weight is 286 g/mol. The van der Waals surface area contributed by atoms with Crippen LogP contribution >= 0.6 is 0 Å². The molecule has 0 bridgehead atoms. The lowest BCUT2D eigenvalue weighted by molar-refractivity contribution is -0.161. The molecule has 0 aliphatic heterocycles. The molecule has 3 nitrogen and oxygen atoms in total. The summed E-state index contributed by atoms with van der Waals surface area (Å²) in [5, 5.41) is 0. The van der Waals surface area contributed by atoms with Gasteiger partial charge in [0.2, 0.25) is 0 Å². The first kappa shape index (κ1) is 15.5. The Hall–Kier alpha value is -1.90. The minimum absolute atomic E-state index is 0.0196. The van der Waals surface area contributed by atoms with E-state index in [2.05, 4.69) is 0 Å². The maximum Gasteiger partial charge on any atom is 0.320 e. The lowest BCUT2D eigenvalue weighted by Crippen LogP contribution is -2.41. The predicted octanol–water partition coefficient (Wildman–Crippen LogP) is 3.64. The van der Waals surface area contributed by atoms with Gasteiger partial charge in [0, 0.05) is 6.42 Å². The molecule has 21 heavy (non-hydrogen) atoms. The summed E-state index contributed by atoms with van der Waals surface area (Å²) in [5.74, 6) is -0.504. The molecule has 1 fully saturated rings. The molecule has 0 spiro atoms. The molecule has 0 heterocycles. The zero-order valence-corrected chi connectivity index (χ0v) is 12.7. The molecule has 0 aromatic heterocycles. The van der Waals surface area contributed by atoms with E-state index in [1.807, 2.05) is 49.4 Å². The van der Waals surface area contributed by atoms with E-state index in [1.54, 1.807) is 6.92 Å². The zero-order chi connectivity index (χ0) is 15.3. The van der Waals surface area contributed by atoms with Gasteiger partial charge in [-0.3, -0.25) is 9.59 Å².